The van der Waals surface area contributed by atoms with Crippen LogP contribution in [0.25, 0.3) is 5.69 Å². The van der Waals surface area contributed by atoms with E-state index in [2.05, 4.69) is 21.5 Å². The van der Waals surface area contributed by atoms with Crippen LogP contribution in [-0.2, 0) is 4.79 Å². The van der Waals surface area contributed by atoms with Crippen LogP contribution in [0.15, 0.2) is 30.7 Å². The van der Waals surface area contributed by atoms with Gasteiger partial charge in [-0.05, 0) is 24.3 Å². The Morgan fingerprint density at radius 1 is 1.48 bits per heavy atom. The Morgan fingerprint density at radius 3 is 3.09 bits per heavy atom. The van der Waals surface area contributed by atoms with Crippen LogP contribution in [0, 0.1) is 11.3 Å². The topological polar surface area (TPSA) is 83.6 Å². The Labute approximate surface area is 143 Å². The summed E-state index contributed by atoms with van der Waals surface area (Å²) in [6.07, 6.45) is 6.80. The van der Waals surface area contributed by atoms with Crippen LogP contribution in [0.4, 0.5) is 5.69 Å². The monoisotopic (exact) mass is 349 g/mol. The van der Waals surface area contributed by atoms with Crippen LogP contribution in [0.1, 0.15) is 19.3 Å². The number of unbranched alkanes of at least 4 members (excludes halogenated alkanes) is 1. The van der Waals surface area contributed by atoms with Crippen molar-refractivity contribution in [3.05, 3.63) is 35.9 Å². The molecule has 1 N–H and O–H groups in total. The van der Waals surface area contributed by atoms with Gasteiger partial charge in [-0.2, -0.15) is 22.1 Å². The Bertz CT molecular complexity index is 683. The van der Waals surface area contributed by atoms with Gasteiger partial charge in [-0.25, -0.2) is 4.68 Å². The molecule has 0 saturated heterocycles. The van der Waals surface area contributed by atoms with E-state index in [1.165, 1.54) is 0 Å². The van der Waals surface area contributed by atoms with Crippen molar-refractivity contribution >= 4 is 35.0 Å². The molecule has 2 rings (SSSR count). The zero-order valence-electron chi connectivity index (χ0n) is 12.4. The smallest absolute Gasteiger partial charge is 0.225 e. The van der Waals surface area contributed by atoms with Crippen molar-refractivity contribution in [3.8, 4) is 11.8 Å². The first-order valence-corrected chi connectivity index (χ1v) is 8.64. The summed E-state index contributed by atoms with van der Waals surface area (Å²) in [5.74, 6) is 1.50. The number of anilines is 1. The summed E-state index contributed by atoms with van der Waals surface area (Å²) in [7, 11) is 0. The molecule has 0 aliphatic carbocycles. The van der Waals surface area contributed by atoms with Crippen molar-refractivity contribution < 1.29 is 4.79 Å². The minimum absolute atomic E-state index is 0.106. The van der Waals surface area contributed by atoms with Crippen molar-refractivity contribution in [1.29, 1.82) is 5.26 Å². The average molecular weight is 350 g/mol. The van der Waals surface area contributed by atoms with Gasteiger partial charge in [-0.3, -0.25) is 9.78 Å². The molecule has 8 heteroatoms. The molecular weight excluding hydrogens is 334 g/mol. The van der Waals surface area contributed by atoms with Crippen LogP contribution >= 0.6 is 23.4 Å². The molecule has 0 aliphatic rings. The van der Waals surface area contributed by atoms with Crippen LogP contribution in [-0.4, -0.2) is 32.2 Å². The van der Waals surface area contributed by atoms with E-state index in [0.717, 1.165) is 17.9 Å². The molecule has 23 heavy (non-hydrogen) atoms. The van der Waals surface area contributed by atoms with Gasteiger partial charge >= 0.3 is 0 Å². The summed E-state index contributed by atoms with van der Waals surface area (Å²) < 4.78 is 1.57. The van der Waals surface area contributed by atoms with Gasteiger partial charge in [-0.15, -0.1) is 0 Å². The lowest BCUT2D eigenvalue weighted by Gasteiger charge is -2.03. The number of carbonyl (C=O) groups excluding carboxylic acids is 1. The number of amides is 1. The molecule has 0 spiro atoms. The minimum Gasteiger partial charge on any atom is -0.322 e. The fourth-order valence-electron chi connectivity index (χ4n) is 1.79. The second-order valence-corrected chi connectivity index (χ2v) is 6.24. The molecule has 0 aromatic carbocycles. The summed E-state index contributed by atoms with van der Waals surface area (Å²) in [5, 5.41) is 15.6. The first kappa shape index (κ1) is 17.3. The number of halogens is 1. The highest BCUT2D eigenvalue weighted by Gasteiger charge is 2.11. The fraction of sp³-hybridized carbons (Fsp3) is 0.333. The lowest BCUT2D eigenvalue weighted by atomic mass is 10.4. The molecular formula is C15H16ClN5OS. The molecule has 0 saturated carbocycles. The molecule has 0 fully saturated rings. The second kappa shape index (κ2) is 9.18. The van der Waals surface area contributed by atoms with Gasteiger partial charge in [0.2, 0.25) is 5.91 Å². The van der Waals surface area contributed by atoms with E-state index in [-0.39, 0.29) is 11.1 Å². The third-order valence-corrected chi connectivity index (χ3v) is 4.25. The molecule has 0 atom stereocenters. The quantitative estimate of drug-likeness (QED) is 0.739. The molecule has 0 bridgehead atoms. The fourth-order valence-corrected chi connectivity index (χ4v) is 2.85. The maximum absolute atomic E-state index is 11.9. The van der Waals surface area contributed by atoms with E-state index in [9.17, 15) is 4.79 Å². The van der Waals surface area contributed by atoms with Gasteiger partial charge in [0, 0.05) is 24.8 Å². The maximum Gasteiger partial charge on any atom is 0.225 e. The second-order valence-electron chi connectivity index (χ2n) is 4.66. The third-order valence-electron chi connectivity index (χ3n) is 2.90. The molecule has 0 unspecified atom stereocenters. The Morgan fingerprint density at radius 2 is 2.35 bits per heavy atom. The maximum atomic E-state index is 11.9. The van der Waals surface area contributed by atoms with E-state index >= 15 is 0 Å². The largest absolute Gasteiger partial charge is 0.322 e. The Hall–Kier alpha value is -2.04. The van der Waals surface area contributed by atoms with Crippen molar-refractivity contribution in [2.24, 2.45) is 0 Å². The molecule has 2 aromatic heterocycles. The summed E-state index contributed by atoms with van der Waals surface area (Å²) in [5.41, 5.74) is 1.25. The zero-order valence-corrected chi connectivity index (χ0v) is 14.0. The molecule has 2 aromatic rings. The van der Waals surface area contributed by atoms with Gasteiger partial charge in [0.05, 0.1) is 29.8 Å². The van der Waals surface area contributed by atoms with Crippen molar-refractivity contribution in [2.45, 2.75) is 19.3 Å². The average Bonchev–Trinajstić information content (AvgIpc) is 2.92. The van der Waals surface area contributed by atoms with Gasteiger partial charge in [0.15, 0.2) is 5.15 Å². The molecule has 120 valence electrons. The van der Waals surface area contributed by atoms with Crippen LogP contribution in [0.3, 0.4) is 0 Å². The van der Waals surface area contributed by atoms with E-state index in [4.69, 9.17) is 16.9 Å². The predicted molar refractivity (Wildman–Crippen MR) is 91.8 cm³/mol. The zero-order chi connectivity index (χ0) is 16.5. The van der Waals surface area contributed by atoms with Crippen molar-refractivity contribution in [3.63, 3.8) is 0 Å². The number of pyridine rings is 1. The first-order chi connectivity index (χ1) is 11.2. The number of hydrogen-bond acceptors (Lipinski definition) is 5. The number of nitrogens with one attached hydrogen (secondary N) is 1. The van der Waals surface area contributed by atoms with Crippen LogP contribution < -0.4 is 5.32 Å². The number of carbonyl (C=O) groups is 1. The van der Waals surface area contributed by atoms with Gasteiger partial charge in [0.25, 0.3) is 0 Å². The summed E-state index contributed by atoms with van der Waals surface area (Å²) in [4.78, 5) is 15.9. The van der Waals surface area contributed by atoms with E-state index in [1.807, 2.05) is 6.07 Å². The number of nitriles is 1. The van der Waals surface area contributed by atoms with Gasteiger partial charge < -0.3 is 5.32 Å². The number of nitrogens with zero attached hydrogens (tertiary/aromatic N) is 4. The Kier molecular flexibility index (Phi) is 6.91. The molecule has 0 radical (unpaired) electrons. The minimum atomic E-state index is -0.106. The van der Waals surface area contributed by atoms with Crippen molar-refractivity contribution in [1.82, 2.24) is 14.8 Å². The SMILES string of the molecule is N#CCCCSCCC(=O)Nc1cn(-c2cccnc2)nc1Cl. The number of aromatic nitrogens is 3. The Balaban J connectivity index is 1.82. The highest BCUT2D eigenvalue weighted by Crippen LogP contribution is 2.22. The van der Waals surface area contributed by atoms with Crippen LogP contribution in [0.2, 0.25) is 5.15 Å². The summed E-state index contributed by atoms with van der Waals surface area (Å²) in [6.45, 7) is 0. The van der Waals surface area contributed by atoms with Gasteiger partial charge in [0.1, 0.15) is 0 Å². The van der Waals surface area contributed by atoms with E-state index in [1.54, 1.807) is 41.1 Å². The number of hydrogen-bond donors (Lipinski definition) is 1. The standard InChI is InChI=1S/C15H16ClN5OS/c16-15-13(11-21(20-15)12-4-3-7-18-10-12)19-14(22)5-9-23-8-2-1-6-17/h3-4,7,10-11H,1-2,5,8-9H2,(H,19,22). The number of thioether (sulfide) groups is 1. The molecule has 2 heterocycles. The normalized spacial score (nSPS) is 10.3. The summed E-state index contributed by atoms with van der Waals surface area (Å²) in [6, 6.07) is 5.75. The van der Waals surface area contributed by atoms with Crippen LogP contribution in [0.5, 0.6) is 0 Å². The molecule has 6 nitrogen and oxygen atoms in total. The third kappa shape index (κ3) is 5.58. The van der Waals surface area contributed by atoms with E-state index < -0.39 is 0 Å². The lowest BCUT2D eigenvalue weighted by molar-refractivity contribution is -0.115. The first-order valence-electron chi connectivity index (χ1n) is 7.11. The summed E-state index contributed by atoms with van der Waals surface area (Å²) >= 11 is 7.72. The highest BCUT2D eigenvalue weighted by molar-refractivity contribution is 7.99. The number of rotatable bonds is 8. The van der Waals surface area contributed by atoms with Gasteiger partial charge in [-0.1, -0.05) is 11.6 Å². The van der Waals surface area contributed by atoms with Crippen molar-refractivity contribution in [2.75, 3.05) is 16.8 Å². The molecule has 0 aliphatic heterocycles. The lowest BCUT2D eigenvalue weighted by Crippen LogP contribution is -2.12. The predicted octanol–water partition coefficient (Wildman–Crippen LogP) is 3.29. The molecule has 1 amide bonds. The highest BCUT2D eigenvalue weighted by atomic mass is 35.5. The van der Waals surface area contributed by atoms with E-state index in [0.29, 0.717) is 24.3 Å².